The van der Waals surface area contributed by atoms with E-state index in [1.807, 2.05) is 12.1 Å². The van der Waals surface area contributed by atoms with Crippen LogP contribution < -0.4 is 10.1 Å². The zero-order chi connectivity index (χ0) is 29.8. The van der Waals surface area contributed by atoms with E-state index < -0.39 is 48.2 Å². The van der Waals surface area contributed by atoms with Gasteiger partial charge >= 0.3 is 12.5 Å². The lowest BCUT2D eigenvalue weighted by molar-refractivity contribution is -0.274. The second-order valence-electron chi connectivity index (χ2n) is 8.91. The molecule has 0 saturated carbocycles. The third kappa shape index (κ3) is 7.62. The highest BCUT2D eigenvalue weighted by Crippen LogP contribution is 2.36. The predicted octanol–water partition coefficient (Wildman–Crippen LogP) is 6.53. The van der Waals surface area contributed by atoms with Crippen molar-refractivity contribution < 1.29 is 46.1 Å². The van der Waals surface area contributed by atoms with Gasteiger partial charge in [-0.1, -0.05) is 36.4 Å². The van der Waals surface area contributed by atoms with Crippen molar-refractivity contribution in [3.05, 3.63) is 113 Å². The van der Waals surface area contributed by atoms with Crippen molar-refractivity contribution in [2.45, 2.75) is 25.1 Å². The minimum absolute atomic E-state index is 0.0627. The number of halogens is 6. The number of aliphatic hydroxyl groups excluding tert-OH is 2. The van der Waals surface area contributed by atoms with E-state index in [0.29, 0.717) is 11.1 Å². The third-order valence-electron chi connectivity index (χ3n) is 5.98. The van der Waals surface area contributed by atoms with E-state index >= 15 is 0 Å². The summed E-state index contributed by atoms with van der Waals surface area (Å²) in [6.45, 7) is -0.946. The lowest BCUT2D eigenvalue weighted by Gasteiger charge is -2.17. The number of nitrogens with one attached hydrogen (secondary N) is 1. The number of anilines is 1. The Morgan fingerprint density at radius 2 is 1.59 bits per heavy atom. The Balaban J connectivity index is 1.69. The van der Waals surface area contributed by atoms with Crippen LogP contribution in [0.2, 0.25) is 0 Å². The fourth-order valence-corrected chi connectivity index (χ4v) is 4.11. The van der Waals surface area contributed by atoms with Crippen molar-refractivity contribution in [1.29, 1.82) is 0 Å². The van der Waals surface area contributed by atoms with Crippen LogP contribution in [-0.2, 0) is 12.6 Å². The molecule has 4 aromatic rings. The Labute approximate surface area is 229 Å². The fraction of sp³-hybridized carbons (Fsp3) is 0.172. The summed E-state index contributed by atoms with van der Waals surface area (Å²) in [5.41, 5.74) is 0.0914. The third-order valence-corrected chi connectivity index (χ3v) is 5.98. The van der Waals surface area contributed by atoms with Crippen molar-refractivity contribution in [3.8, 4) is 16.9 Å². The average molecular weight is 576 g/mol. The number of benzene rings is 3. The quantitative estimate of drug-likeness (QED) is 0.208. The van der Waals surface area contributed by atoms with Crippen LogP contribution in [-0.4, -0.2) is 34.1 Å². The molecule has 0 aliphatic heterocycles. The molecule has 0 fully saturated rings. The molecule has 3 N–H and O–H groups in total. The lowest BCUT2D eigenvalue weighted by Crippen LogP contribution is -2.17. The van der Waals surface area contributed by atoms with Crippen molar-refractivity contribution in [2.24, 2.45) is 0 Å². The van der Waals surface area contributed by atoms with Crippen molar-refractivity contribution in [1.82, 2.24) is 4.98 Å². The highest BCUT2D eigenvalue weighted by Gasteiger charge is 2.36. The van der Waals surface area contributed by atoms with E-state index in [-0.39, 0.29) is 23.2 Å². The standard InChI is InChI=1S/C29H22F6N2O4/c30-28(31,32)24-14-20(15-36-26(24)25(39)16-38)18-6-11-23(19(13-18)12-17-4-2-1-3-5-17)27(40)37-21-7-9-22(10-8-21)41-29(33,34)35/h1-11,13-15,25,38-39H,12,16H2,(H,37,40)/t25-/m0/s1. The molecule has 1 aromatic heterocycles. The zero-order valence-electron chi connectivity index (χ0n) is 21.0. The fourth-order valence-electron chi connectivity index (χ4n) is 4.11. The van der Waals surface area contributed by atoms with Crippen LogP contribution in [0.15, 0.2) is 85.1 Å². The van der Waals surface area contributed by atoms with Crippen molar-refractivity contribution >= 4 is 11.6 Å². The van der Waals surface area contributed by atoms with Gasteiger partial charge in [0.25, 0.3) is 5.91 Å². The van der Waals surface area contributed by atoms with Crippen LogP contribution in [0.4, 0.5) is 32.0 Å². The summed E-state index contributed by atoms with van der Waals surface area (Å²) in [6.07, 6.45) is -10.2. The highest BCUT2D eigenvalue weighted by molar-refractivity contribution is 6.05. The van der Waals surface area contributed by atoms with Crippen molar-refractivity contribution in [3.63, 3.8) is 0 Å². The summed E-state index contributed by atoms with van der Waals surface area (Å²) < 4.78 is 82.3. The number of hydrogen-bond donors (Lipinski definition) is 3. The first-order valence-electron chi connectivity index (χ1n) is 12.0. The van der Waals surface area contributed by atoms with Crippen LogP contribution in [0, 0.1) is 0 Å². The van der Waals surface area contributed by atoms with Gasteiger partial charge in [0.15, 0.2) is 0 Å². The second-order valence-corrected chi connectivity index (χ2v) is 8.91. The molecule has 0 bridgehead atoms. The number of nitrogens with zero attached hydrogens (tertiary/aromatic N) is 1. The second kappa shape index (κ2) is 12.0. The lowest BCUT2D eigenvalue weighted by atomic mass is 9.94. The zero-order valence-corrected chi connectivity index (χ0v) is 21.0. The number of amides is 1. The maximum atomic E-state index is 13.7. The number of ether oxygens (including phenoxy) is 1. The predicted molar refractivity (Wildman–Crippen MR) is 137 cm³/mol. The van der Waals surface area contributed by atoms with Crippen LogP contribution in [0.25, 0.3) is 11.1 Å². The van der Waals surface area contributed by atoms with Crippen LogP contribution in [0.3, 0.4) is 0 Å². The maximum absolute atomic E-state index is 13.7. The molecule has 6 nitrogen and oxygen atoms in total. The van der Waals surface area contributed by atoms with Crippen LogP contribution in [0.5, 0.6) is 5.75 Å². The van der Waals surface area contributed by atoms with E-state index in [1.165, 1.54) is 24.3 Å². The number of rotatable bonds is 8. The molecule has 214 valence electrons. The Morgan fingerprint density at radius 3 is 2.20 bits per heavy atom. The van der Waals surface area contributed by atoms with Gasteiger partial charge in [-0.05, 0) is 65.6 Å². The van der Waals surface area contributed by atoms with E-state index in [9.17, 15) is 36.2 Å². The highest BCUT2D eigenvalue weighted by atomic mass is 19.4. The van der Waals surface area contributed by atoms with Gasteiger partial charge in [-0.3, -0.25) is 9.78 Å². The molecule has 0 aliphatic carbocycles. The number of pyridine rings is 1. The van der Waals surface area contributed by atoms with Crippen LogP contribution >= 0.6 is 0 Å². The minimum atomic E-state index is -4.87. The summed E-state index contributed by atoms with van der Waals surface area (Å²) in [5.74, 6) is -1.06. The average Bonchev–Trinajstić information content (AvgIpc) is 2.92. The van der Waals surface area contributed by atoms with E-state index in [1.54, 1.807) is 24.3 Å². The molecule has 0 aliphatic rings. The molecular weight excluding hydrogens is 554 g/mol. The molecule has 41 heavy (non-hydrogen) atoms. The Kier molecular flexibility index (Phi) is 8.64. The Morgan fingerprint density at radius 1 is 0.902 bits per heavy atom. The summed E-state index contributed by atoms with van der Waals surface area (Å²) in [4.78, 5) is 16.9. The number of aliphatic hydroxyl groups is 2. The number of carbonyl (C=O) groups is 1. The topological polar surface area (TPSA) is 91.7 Å². The molecule has 1 amide bonds. The summed E-state index contributed by atoms with van der Waals surface area (Å²) in [7, 11) is 0. The number of carbonyl (C=O) groups excluding carboxylic acids is 1. The summed E-state index contributed by atoms with van der Waals surface area (Å²) in [5, 5.41) is 21.6. The first-order chi connectivity index (χ1) is 19.3. The summed E-state index contributed by atoms with van der Waals surface area (Å²) in [6, 6.07) is 18.7. The van der Waals surface area contributed by atoms with E-state index in [2.05, 4.69) is 15.0 Å². The van der Waals surface area contributed by atoms with Gasteiger partial charge in [-0.15, -0.1) is 13.2 Å². The molecule has 12 heteroatoms. The molecule has 4 rings (SSSR count). The van der Waals surface area contributed by atoms with E-state index in [0.717, 1.165) is 30.0 Å². The first kappa shape index (κ1) is 29.6. The number of alkyl halides is 6. The Bertz CT molecular complexity index is 1510. The smallest absolute Gasteiger partial charge is 0.406 e. The molecule has 3 aromatic carbocycles. The first-order valence-corrected chi connectivity index (χ1v) is 12.0. The van der Waals surface area contributed by atoms with Gasteiger partial charge in [0.2, 0.25) is 0 Å². The van der Waals surface area contributed by atoms with Gasteiger partial charge < -0.3 is 20.3 Å². The number of aromatic nitrogens is 1. The largest absolute Gasteiger partial charge is 0.573 e. The Hall–Kier alpha value is -4.42. The minimum Gasteiger partial charge on any atom is -0.406 e. The normalized spacial score (nSPS) is 12.6. The summed E-state index contributed by atoms with van der Waals surface area (Å²) >= 11 is 0. The molecule has 0 saturated heterocycles. The molecule has 1 heterocycles. The number of hydrogen-bond acceptors (Lipinski definition) is 5. The van der Waals surface area contributed by atoms with Gasteiger partial charge in [0.05, 0.1) is 17.9 Å². The van der Waals surface area contributed by atoms with Gasteiger partial charge in [0.1, 0.15) is 11.9 Å². The van der Waals surface area contributed by atoms with Gasteiger partial charge in [0, 0.05) is 23.0 Å². The molecular formula is C29H22F6N2O4. The van der Waals surface area contributed by atoms with Gasteiger partial charge in [-0.2, -0.15) is 13.2 Å². The monoisotopic (exact) mass is 576 g/mol. The maximum Gasteiger partial charge on any atom is 0.573 e. The van der Waals surface area contributed by atoms with Crippen LogP contribution in [0.1, 0.15) is 38.8 Å². The SMILES string of the molecule is O=C(Nc1ccc(OC(F)(F)F)cc1)c1ccc(-c2cnc([C@@H](O)CO)c(C(F)(F)F)c2)cc1Cc1ccccc1. The molecule has 0 spiro atoms. The molecule has 0 radical (unpaired) electrons. The molecule has 1 atom stereocenters. The van der Waals surface area contributed by atoms with Gasteiger partial charge in [-0.25, -0.2) is 0 Å². The van der Waals surface area contributed by atoms with E-state index in [4.69, 9.17) is 5.11 Å². The van der Waals surface area contributed by atoms with Crippen molar-refractivity contribution in [2.75, 3.05) is 11.9 Å². The molecule has 0 unspecified atom stereocenters.